The smallest absolute Gasteiger partial charge is 0.230 e. The monoisotopic (exact) mass is 411 g/mol. The summed E-state index contributed by atoms with van der Waals surface area (Å²) in [5, 5.41) is 3.91. The van der Waals surface area contributed by atoms with Crippen molar-refractivity contribution in [3.63, 3.8) is 0 Å². The lowest BCUT2D eigenvalue weighted by molar-refractivity contribution is -0.119. The van der Waals surface area contributed by atoms with Crippen molar-refractivity contribution in [1.29, 1.82) is 0 Å². The number of carbonyl (C=O) groups is 1. The molecule has 1 atom stereocenters. The summed E-state index contributed by atoms with van der Waals surface area (Å²) in [5.41, 5.74) is 2.90. The third kappa shape index (κ3) is 4.67. The van der Waals surface area contributed by atoms with E-state index in [0.717, 1.165) is 39.7 Å². The van der Waals surface area contributed by atoms with E-state index in [1.807, 2.05) is 42.5 Å². The number of aromatic amines is 1. The molecule has 0 unspecified atom stereocenters. The number of para-hydroxylation sites is 2. The molecule has 0 saturated heterocycles. The van der Waals surface area contributed by atoms with E-state index in [-0.39, 0.29) is 17.9 Å². The third-order valence-electron chi connectivity index (χ3n) is 4.82. The van der Waals surface area contributed by atoms with E-state index in [1.54, 1.807) is 0 Å². The van der Waals surface area contributed by atoms with Gasteiger partial charge in [-0.25, -0.2) is 4.98 Å². The molecular weight excluding hydrogens is 386 g/mol. The third-order valence-corrected chi connectivity index (χ3v) is 5.69. The largest absolute Gasteiger partial charge is 0.490 e. The highest BCUT2D eigenvalue weighted by atomic mass is 32.2. The Kier molecular flexibility index (Phi) is 5.94. The average Bonchev–Trinajstić information content (AvgIpc) is 2.99. The Balaban J connectivity index is 1.42. The summed E-state index contributed by atoms with van der Waals surface area (Å²) in [6.45, 7) is 5.50. The molecular formula is C22H25N3O3S. The van der Waals surface area contributed by atoms with Crippen LogP contribution in [0.25, 0.3) is 11.0 Å². The molecule has 29 heavy (non-hydrogen) atoms. The van der Waals surface area contributed by atoms with Crippen molar-refractivity contribution in [3.8, 4) is 11.5 Å². The number of nitrogens with zero attached hydrogens (tertiary/aromatic N) is 1. The van der Waals surface area contributed by atoms with E-state index in [1.165, 1.54) is 11.8 Å². The second-order valence-corrected chi connectivity index (χ2v) is 8.36. The van der Waals surface area contributed by atoms with Gasteiger partial charge in [-0.2, -0.15) is 0 Å². The summed E-state index contributed by atoms with van der Waals surface area (Å²) in [7, 11) is 0. The number of fused-ring (bicyclic) bond motifs is 2. The first-order valence-corrected chi connectivity index (χ1v) is 10.8. The minimum absolute atomic E-state index is 0.0266. The van der Waals surface area contributed by atoms with Gasteiger partial charge in [0.2, 0.25) is 5.91 Å². The van der Waals surface area contributed by atoms with Crippen LogP contribution in [0, 0.1) is 5.92 Å². The molecule has 6 nitrogen and oxygen atoms in total. The molecule has 0 saturated carbocycles. The normalized spacial score (nSPS) is 14.6. The lowest BCUT2D eigenvalue weighted by Gasteiger charge is -2.23. The van der Waals surface area contributed by atoms with Gasteiger partial charge in [-0.3, -0.25) is 4.79 Å². The van der Waals surface area contributed by atoms with Gasteiger partial charge in [-0.05, 0) is 35.7 Å². The lowest BCUT2D eigenvalue weighted by Crippen LogP contribution is -2.33. The van der Waals surface area contributed by atoms with Gasteiger partial charge in [0, 0.05) is 6.42 Å². The molecule has 3 aromatic rings. The second kappa shape index (κ2) is 8.78. The number of aromatic nitrogens is 2. The van der Waals surface area contributed by atoms with E-state index in [2.05, 4.69) is 29.1 Å². The first-order valence-electron chi connectivity index (χ1n) is 9.86. The molecule has 1 aromatic heterocycles. The molecule has 152 valence electrons. The maximum absolute atomic E-state index is 12.6. The van der Waals surface area contributed by atoms with Crippen LogP contribution in [0.3, 0.4) is 0 Å². The highest BCUT2D eigenvalue weighted by Crippen LogP contribution is 2.34. The topological polar surface area (TPSA) is 76.2 Å². The van der Waals surface area contributed by atoms with E-state index in [4.69, 9.17) is 9.47 Å². The average molecular weight is 412 g/mol. The summed E-state index contributed by atoms with van der Waals surface area (Å²) in [4.78, 5) is 20.4. The van der Waals surface area contributed by atoms with E-state index >= 15 is 0 Å². The van der Waals surface area contributed by atoms with E-state index in [9.17, 15) is 4.79 Å². The number of hydrogen-bond acceptors (Lipinski definition) is 5. The summed E-state index contributed by atoms with van der Waals surface area (Å²) in [6, 6.07) is 13.7. The Morgan fingerprint density at radius 3 is 2.76 bits per heavy atom. The molecule has 1 aliphatic rings. The van der Waals surface area contributed by atoms with Crippen LogP contribution in [-0.2, 0) is 4.79 Å². The number of H-pyrrole nitrogens is 1. The van der Waals surface area contributed by atoms with Gasteiger partial charge in [0.05, 0.1) is 36.0 Å². The molecule has 7 heteroatoms. The number of benzene rings is 2. The van der Waals surface area contributed by atoms with Crippen molar-refractivity contribution in [3.05, 3.63) is 48.0 Å². The van der Waals surface area contributed by atoms with Crippen LogP contribution in [0.1, 0.15) is 31.9 Å². The van der Waals surface area contributed by atoms with Crippen LogP contribution in [0.5, 0.6) is 11.5 Å². The Morgan fingerprint density at radius 2 is 1.97 bits per heavy atom. The Hall–Kier alpha value is -2.67. The molecule has 0 fully saturated rings. The summed E-state index contributed by atoms with van der Waals surface area (Å²) in [5.74, 6) is 2.02. The zero-order valence-electron chi connectivity index (χ0n) is 16.6. The van der Waals surface area contributed by atoms with Crippen molar-refractivity contribution in [1.82, 2.24) is 15.3 Å². The molecule has 1 amide bonds. The number of ether oxygens (including phenoxy) is 2. The van der Waals surface area contributed by atoms with Crippen LogP contribution in [-0.4, -0.2) is 34.8 Å². The number of thioether (sulfide) groups is 1. The van der Waals surface area contributed by atoms with Gasteiger partial charge in [0.15, 0.2) is 16.7 Å². The molecule has 2 aromatic carbocycles. The maximum atomic E-state index is 12.6. The van der Waals surface area contributed by atoms with Gasteiger partial charge in [-0.1, -0.05) is 43.8 Å². The number of carbonyl (C=O) groups excluding carboxylic acids is 1. The number of amides is 1. The van der Waals surface area contributed by atoms with E-state index in [0.29, 0.717) is 19.0 Å². The van der Waals surface area contributed by atoms with Crippen molar-refractivity contribution in [2.75, 3.05) is 19.0 Å². The first kappa shape index (κ1) is 19.6. The summed E-state index contributed by atoms with van der Waals surface area (Å²) >= 11 is 1.41. The standard InChI is InChI=1S/C22H25N3O3S/c1-14(2)21(15-8-9-18-19(12-15)28-11-5-10-27-18)25-20(26)13-29-22-23-16-6-3-4-7-17(16)24-22/h3-4,6-9,12,14,21H,5,10-11,13H2,1-2H3,(H,23,24)(H,25,26)/t21-/m1/s1. The summed E-state index contributed by atoms with van der Waals surface area (Å²) < 4.78 is 11.5. The number of nitrogens with one attached hydrogen (secondary N) is 2. The molecule has 1 aliphatic heterocycles. The number of hydrogen-bond donors (Lipinski definition) is 2. The minimum atomic E-state index is -0.101. The molecule has 0 aliphatic carbocycles. The summed E-state index contributed by atoms with van der Waals surface area (Å²) in [6.07, 6.45) is 0.868. The Morgan fingerprint density at radius 1 is 1.17 bits per heavy atom. The second-order valence-electron chi connectivity index (χ2n) is 7.39. The fraction of sp³-hybridized carbons (Fsp3) is 0.364. The highest BCUT2D eigenvalue weighted by molar-refractivity contribution is 7.99. The molecule has 0 spiro atoms. The fourth-order valence-electron chi connectivity index (χ4n) is 3.35. The van der Waals surface area contributed by atoms with Crippen LogP contribution >= 0.6 is 11.8 Å². The van der Waals surface area contributed by atoms with Gasteiger partial charge in [0.1, 0.15) is 0 Å². The molecule has 2 heterocycles. The zero-order valence-corrected chi connectivity index (χ0v) is 17.4. The van der Waals surface area contributed by atoms with Gasteiger partial charge < -0.3 is 19.8 Å². The zero-order chi connectivity index (χ0) is 20.2. The van der Waals surface area contributed by atoms with Gasteiger partial charge in [-0.15, -0.1) is 0 Å². The van der Waals surface area contributed by atoms with Crippen molar-refractivity contribution < 1.29 is 14.3 Å². The minimum Gasteiger partial charge on any atom is -0.490 e. The Labute approximate surface area is 174 Å². The first-order chi connectivity index (χ1) is 14.1. The lowest BCUT2D eigenvalue weighted by atomic mass is 9.95. The van der Waals surface area contributed by atoms with Gasteiger partial charge >= 0.3 is 0 Å². The quantitative estimate of drug-likeness (QED) is 0.591. The molecule has 4 rings (SSSR count). The van der Waals surface area contributed by atoms with Crippen LogP contribution in [0.2, 0.25) is 0 Å². The predicted molar refractivity (Wildman–Crippen MR) is 115 cm³/mol. The van der Waals surface area contributed by atoms with Crippen molar-refractivity contribution in [2.45, 2.75) is 31.5 Å². The van der Waals surface area contributed by atoms with Crippen molar-refractivity contribution >= 4 is 28.7 Å². The predicted octanol–water partition coefficient (Wildman–Crippen LogP) is 4.33. The highest BCUT2D eigenvalue weighted by Gasteiger charge is 2.21. The van der Waals surface area contributed by atoms with Crippen LogP contribution in [0.15, 0.2) is 47.6 Å². The maximum Gasteiger partial charge on any atom is 0.230 e. The molecule has 2 N–H and O–H groups in total. The molecule has 0 radical (unpaired) electrons. The SMILES string of the molecule is CC(C)[C@@H](NC(=O)CSc1nc2ccccc2[nH]1)c1ccc2c(c1)OCCCO2. The van der Waals surface area contributed by atoms with Crippen LogP contribution < -0.4 is 14.8 Å². The van der Waals surface area contributed by atoms with Crippen LogP contribution in [0.4, 0.5) is 0 Å². The van der Waals surface area contributed by atoms with E-state index < -0.39 is 0 Å². The Bertz CT molecular complexity index is 969. The number of imidazole rings is 1. The van der Waals surface area contributed by atoms with Gasteiger partial charge in [0.25, 0.3) is 0 Å². The molecule has 0 bridgehead atoms. The fourth-order valence-corrected chi connectivity index (χ4v) is 4.05. The van der Waals surface area contributed by atoms with Crippen molar-refractivity contribution in [2.24, 2.45) is 5.92 Å². The number of rotatable bonds is 6.